The summed E-state index contributed by atoms with van der Waals surface area (Å²) in [5.41, 5.74) is 5.75. The molecule has 0 spiro atoms. The van der Waals surface area contributed by atoms with Gasteiger partial charge in [0.05, 0.1) is 12.2 Å². The number of rotatable bonds is 2. The summed E-state index contributed by atoms with van der Waals surface area (Å²) >= 11 is 0. The normalized spacial score (nSPS) is 17.3. The molecule has 1 fully saturated rings. The highest BCUT2D eigenvalue weighted by molar-refractivity contribution is 5.97. The van der Waals surface area contributed by atoms with E-state index in [0.29, 0.717) is 12.8 Å². The molecule has 1 aromatic rings. The van der Waals surface area contributed by atoms with Crippen LogP contribution in [0.25, 0.3) is 0 Å². The number of amides is 2. The van der Waals surface area contributed by atoms with Crippen molar-refractivity contribution in [1.82, 2.24) is 4.90 Å². The maximum atomic E-state index is 13.7. The van der Waals surface area contributed by atoms with E-state index in [2.05, 4.69) is 0 Å². The summed E-state index contributed by atoms with van der Waals surface area (Å²) in [5.74, 6) is -0.996. The number of hydrogen-bond acceptors (Lipinski definition) is 3. The first kappa shape index (κ1) is 12.5. The molecular formula is C13H15FN2O2. The highest BCUT2D eigenvalue weighted by Gasteiger charge is 2.30. The van der Waals surface area contributed by atoms with E-state index in [1.807, 2.05) is 6.92 Å². The standard InChI is InChI=1S/C13H15FN2O2/c1-8-5-11(17)16(12(18)6-8)7-9-3-2-4-10(15)13(9)14/h2-4,8H,5-7,15H2,1H3. The Hall–Kier alpha value is -1.91. The molecule has 2 amide bonds. The molecule has 2 N–H and O–H groups in total. The summed E-state index contributed by atoms with van der Waals surface area (Å²) in [4.78, 5) is 24.6. The summed E-state index contributed by atoms with van der Waals surface area (Å²) in [6, 6.07) is 4.58. The first-order chi connectivity index (χ1) is 8.49. The third-order valence-electron chi connectivity index (χ3n) is 3.09. The Morgan fingerprint density at radius 1 is 1.33 bits per heavy atom. The Morgan fingerprint density at radius 3 is 2.56 bits per heavy atom. The van der Waals surface area contributed by atoms with Gasteiger partial charge in [-0.1, -0.05) is 19.1 Å². The molecule has 4 nitrogen and oxygen atoms in total. The van der Waals surface area contributed by atoms with Gasteiger partial charge in [-0.3, -0.25) is 14.5 Å². The molecule has 0 saturated carbocycles. The molecule has 0 atom stereocenters. The quantitative estimate of drug-likeness (QED) is 0.641. The second kappa shape index (κ2) is 4.76. The number of benzene rings is 1. The van der Waals surface area contributed by atoms with Gasteiger partial charge in [-0.05, 0) is 12.0 Å². The highest BCUT2D eigenvalue weighted by atomic mass is 19.1. The first-order valence-corrected chi connectivity index (χ1v) is 5.85. The number of halogens is 1. The second-order valence-electron chi connectivity index (χ2n) is 4.71. The highest BCUT2D eigenvalue weighted by Crippen LogP contribution is 2.23. The Kier molecular flexibility index (Phi) is 3.32. The summed E-state index contributed by atoms with van der Waals surface area (Å²) < 4.78 is 13.7. The monoisotopic (exact) mass is 250 g/mol. The minimum Gasteiger partial charge on any atom is -0.396 e. The van der Waals surface area contributed by atoms with Crippen molar-refractivity contribution in [2.75, 3.05) is 5.73 Å². The minimum absolute atomic E-state index is 0.0257. The molecule has 1 saturated heterocycles. The molecule has 1 aliphatic heterocycles. The lowest BCUT2D eigenvalue weighted by Crippen LogP contribution is -2.42. The molecule has 0 aromatic heterocycles. The lowest BCUT2D eigenvalue weighted by atomic mass is 9.97. The largest absolute Gasteiger partial charge is 0.396 e. The van der Waals surface area contributed by atoms with Crippen LogP contribution in [0.2, 0.25) is 0 Å². The van der Waals surface area contributed by atoms with Gasteiger partial charge in [0.15, 0.2) is 5.82 Å². The van der Waals surface area contributed by atoms with E-state index >= 15 is 0 Å². The van der Waals surface area contributed by atoms with Gasteiger partial charge in [0.25, 0.3) is 0 Å². The van der Waals surface area contributed by atoms with Crippen LogP contribution in [-0.2, 0) is 16.1 Å². The minimum atomic E-state index is -0.559. The number of nitrogen functional groups attached to an aromatic ring is 1. The zero-order chi connectivity index (χ0) is 13.3. The van der Waals surface area contributed by atoms with Crippen molar-refractivity contribution in [2.24, 2.45) is 5.92 Å². The molecule has 0 unspecified atom stereocenters. The smallest absolute Gasteiger partial charge is 0.229 e. The number of carbonyl (C=O) groups excluding carboxylic acids is 2. The van der Waals surface area contributed by atoms with E-state index < -0.39 is 5.82 Å². The van der Waals surface area contributed by atoms with Gasteiger partial charge < -0.3 is 5.73 Å². The maximum Gasteiger partial charge on any atom is 0.229 e. The van der Waals surface area contributed by atoms with Crippen LogP contribution in [0.4, 0.5) is 10.1 Å². The third kappa shape index (κ3) is 2.34. The van der Waals surface area contributed by atoms with Gasteiger partial charge in [0, 0.05) is 18.4 Å². The fourth-order valence-corrected chi connectivity index (χ4v) is 2.10. The van der Waals surface area contributed by atoms with Gasteiger partial charge in [0.2, 0.25) is 11.8 Å². The van der Waals surface area contributed by atoms with Crippen molar-refractivity contribution >= 4 is 17.5 Å². The van der Waals surface area contributed by atoms with Crippen LogP contribution >= 0.6 is 0 Å². The zero-order valence-corrected chi connectivity index (χ0v) is 10.1. The fourth-order valence-electron chi connectivity index (χ4n) is 2.10. The number of imide groups is 1. The van der Waals surface area contributed by atoms with Gasteiger partial charge in [0.1, 0.15) is 0 Å². The molecule has 1 aromatic carbocycles. The topological polar surface area (TPSA) is 63.4 Å². The van der Waals surface area contributed by atoms with Crippen molar-refractivity contribution in [3.8, 4) is 0 Å². The molecule has 0 aliphatic carbocycles. The van der Waals surface area contributed by atoms with Crippen LogP contribution in [0, 0.1) is 11.7 Å². The fraction of sp³-hybridized carbons (Fsp3) is 0.385. The number of nitrogens with two attached hydrogens (primary N) is 1. The molecule has 2 rings (SSSR count). The number of anilines is 1. The SMILES string of the molecule is CC1CC(=O)N(Cc2cccc(N)c2F)C(=O)C1. The van der Waals surface area contributed by atoms with Gasteiger partial charge in [-0.25, -0.2) is 4.39 Å². The lowest BCUT2D eigenvalue weighted by molar-refractivity contribution is -0.150. The van der Waals surface area contributed by atoms with E-state index in [1.165, 1.54) is 12.1 Å². The molecule has 1 heterocycles. The summed E-state index contributed by atoms with van der Waals surface area (Å²) in [5, 5.41) is 0. The summed E-state index contributed by atoms with van der Waals surface area (Å²) in [6.07, 6.45) is 0.658. The average Bonchev–Trinajstić information content (AvgIpc) is 2.28. The average molecular weight is 250 g/mol. The Balaban J connectivity index is 2.20. The summed E-state index contributed by atoms with van der Waals surface area (Å²) in [7, 11) is 0. The molecule has 0 radical (unpaired) electrons. The molecule has 18 heavy (non-hydrogen) atoms. The first-order valence-electron chi connectivity index (χ1n) is 5.85. The van der Waals surface area contributed by atoms with Crippen LogP contribution in [-0.4, -0.2) is 16.7 Å². The van der Waals surface area contributed by atoms with E-state index in [-0.39, 0.29) is 35.5 Å². The van der Waals surface area contributed by atoms with Gasteiger partial charge >= 0.3 is 0 Å². The Bertz CT molecular complexity index is 484. The van der Waals surface area contributed by atoms with E-state index in [4.69, 9.17) is 5.73 Å². The number of nitrogens with zero attached hydrogens (tertiary/aromatic N) is 1. The van der Waals surface area contributed by atoms with Gasteiger partial charge in [-0.15, -0.1) is 0 Å². The van der Waals surface area contributed by atoms with Crippen molar-refractivity contribution in [1.29, 1.82) is 0 Å². The molecule has 96 valence electrons. The van der Waals surface area contributed by atoms with Crippen molar-refractivity contribution in [3.05, 3.63) is 29.6 Å². The zero-order valence-electron chi connectivity index (χ0n) is 10.1. The van der Waals surface area contributed by atoms with E-state index in [9.17, 15) is 14.0 Å². The predicted octanol–water partition coefficient (Wildman–Crippen LogP) is 1.69. The van der Waals surface area contributed by atoms with E-state index in [1.54, 1.807) is 6.07 Å². The van der Waals surface area contributed by atoms with Crippen molar-refractivity contribution < 1.29 is 14.0 Å². The van der Waals surface area contributed by atoms with Gasteiger partial charge in [-0.2, -0.15) is 0 Å². The number of likely N-dealkylation sites (tertiary alicyclic amines) is 1. The lowest BCUT2D eigenvalue weighted by Gasteiger charge is -2.28. The third-order valence-corrected chi connectivity index (χ3v) is 3.09. The van der Waals surface area contributed by atoms with Crippen LogP contribution in [0.3, 0.4) is 0 Å². The molecule has 0 bridgehead atoms. The van der Waals surface area contributed by atoms with E-state index in [0.717, 1.165) is 4.90 Å². The summed E-state index contributed by atoms with van der Waals surface area (Å²) in [6.45, 7) is 1.81. The number of piperidine rings is 1. The second-order valence-corrected chi connectivity index (χ2v) is 4.71. The molecular weight excluding hydrogens is 235 g/mol. The van der Waals surface area contributed by atoms with Crippen LogP contribution in [0.15, 0.2) is 18.2 Å². The maximum absolute atomic E-state index is 13.7. The van der Waals surface area contributed by atoms with Crippen molar-refractivity contribution in [3.63, 3.8) is 0 Å². The van der Waals surface area contributed by atoms with Crippen LogP contribution in [0.5, 0.6) is 0 Å². The van der Waals surface area contributed by atoms with Crippen LogP contribution in [0.1, 0.15) is 25.3 Å². The van der Waals surface area contributed by atoms with Crippen LogP contribution < -0.4 is 5.73 Å². The molecule has 1 aliphatic rings. The Labute approximate surface area is 105 Å². The number of carbonyl (C=O) groups is 2. The predicted molar refractivity (Wildman–Crippen MR) is 64.8 cm³/mol. The number of hydrogen-bond donors (Lipinski definition) is 1. The van der Waals surface area contributed by atoms with Crippen molar-refractivity contribution in [2.45, 2.75) is 26.3 Å². The molecule has 5 heteroatoms. The Morgan fingerprint density at radius 2 is 1.94 bits per heavy atom.